The highest BCUT2D eigenvalue weighted by Gasteiger charge is 2.41. The van der Waals surface area contributed by atoms with Gasteiger partial charge in [0.25, 0.3) is 0 Å². The average molecular weight is 386 g/mol. The number of fused-ring (bicyclic) bond motifs is 5. The molecule has 1 unspecified atom stereocenters. The van der Waals surface area contributed by atoms with Gasteiger partial charge in [-0.25, -0.2) is 4.79 Å². The Labute approximate surface area is 167 Å². The first-order valence-electron chi connectivity index (χ1n) is 9.37. The molecular formula is C24H16ClNO2. The zero-order valence-corrected chi connectivity index (χ0v) is 15.7. The first kappa shape index (κ1) is 16.0. The van der Waals surface area contributed by atoms with Crippen LogP contribution in [0.4, 0.5) is 5.69 Å². The molecule has 1 N–H and O–H groups in total. The Kier molecular flexibility index (Phi) is 3.27. The molecule has 0 radical (unpaired) electrons. The molecule has 0 saturated carbocycles. The van der Waals surface area contributed by atoms with Gasteiger partial charge >= 0.3 is 5.97 Å². The first-order chi connectivity index (χ1) is 13.7. The van der Waals surface area contributed by atoms with E-state index in [1.807, 2.05) is 24.3 Å². The van der Waals surface area contributed by atoms with Crippen LogP contribution < -0.4 is 5.32 Å². The van der Waals surface area contributed by atoms with Gasteiger partial charge in [-0.3, -0.25) is 0 Å². The molecule has 6 rings (SSSR count). The Balaban J connectivity index is 1.63. The Morgan fingerprint density at radius 1 is 1.00 bits per heavy atom. The van der Waals surface area contributed by atoms with Crippen LogP contribution in [0.3, 0.4) is 0 Å². The van der Waals surface area contributed by atoms with E-state index in [-0.39, 0.29) is 11.9 Å². The topological polar surface area (TPSA) is 38.3 Å². The summed E-state index contributed by atoms with van der Waals surface area (Å²) < 4.78 is 5.39. The van der Waals surface area contributed by atoms with E-state index >= 15 is 0 Å². The summed E-state index contributed by atoms with van der Waals surface area (Å²) in [6, 6.07) is 20.6. The van der Waals surface area contributed by atoms with Gasteiger partial charge in [-0.1, -0.05) is 54.1 Å². The number of ether oxygens (including phenoxy) is 1. The minimum Gasteiger partial charge on any atom is -0.456 e. The van der Waals surface area contributed by atoms with Gasteiger partial charge in [0.1, 0.15) is 6.61 Å². The van der Waals surface area contributed by atoms with Crippen LogP contribution in [0.2, 0.25) is 5.02 Å². The van der Waals surface area contributed by atoms with E-state index in [4.69, 9.17) is 16.3 Å². The molecule has 1 aliphatic carbocycles. The van der Waals surface area contributed by atoms with Crippen LogP contribution in [-0.2, 0) is 16.0 Å². The van der Waals surface area contributed by atoms with Crippen molar-refractivity contribution in [2.45, 2.75) is 12.3 Å². The second-order valence-corrected chi connectivity index (χ2v) is 7.90. The minimum absolute atomic E-state index is 0.177. The van der Waals surface area contributed by atoms with Crippen LogP contribution in [0.25, 0.3) is 11.1 Å². The maximum atomic E-state index is 12.7. The minimum atomic E-state index is -0.244. The van der Waals surface area contributed by atoms with Crippen molar-refractivity contribution in [3.63, 3.8) is 0 Å². The van der Waals surface area contributed by atoms with Gasteiger partial charge in [-0.2, -0.15) is 0 Å². The lowest BCUT2D eigenvalue weighted by atomic mass is 9.78. The SMILES string of the molecule is O=C1OCC2=C1C(c1cccc(Cl)c1)c1c(ccc3c1Cc1ccccc1-3)N2. The maximum Gasteiger partial charge on any atom is 0.337 e. The lowest BCUT2D eigenvalue weighted by Crippen LogP contribution is -2.21. The van der Waals surface area contributed by atoms with Crippen molar-refractivity contribution >= 4 is 23.3 Å². The molecule has 0 saturated heterocycles. The fraction of sp³-hybridized carbons (Fsp3) is 0.125. The standard InChI is InChI=1S/C24H16ClNO2/c25-15-6-3-5-14(10-15)21-22-18-11-13-4-1-2-7-16(13)17(18)8-9-19(22)26-20-12-28-24(27)23(20)21/h1-10,21,26H,11-12H2. The number of hydrogen-bond donors (Lipinski definition) is 1. The van der Waals surface area contributed by atoms with E-state index in [9.17, 15) is 4.79 Å². The Morgan fingerprint density at radius 3 is 2.79 bits per heavy atom. The van der Waals surface area contributed by atoms with Gasteiger partial charge in [0.05, 0.1) is 11.3 Å². The number of esters is 1. The molecule has 0 amide bonds. The molecule has 0 bridgehead atoms. The molecule has 1 atom stereocenters. The van der Waals surface area contributed by atoms with Crippen molar-refractivity contribution in [1.29, 1.82) is 0 Å². The normalized spacial score (nSPS) is 18.8. The van der Waals surface area contributed by atoms with Crippen LogP contribution in [0.1, 0.15) is 28.2 Å². The highest BCUT2D eigenvalue weighted by molar-refractivity contribution is 6.30. The summed E-state index contributed by atoms with van der Waals surface area (Å²) in [7, 11) is 0. The average Bonchev–Trinajstić information content (AvgIpc) is 3.27. The lowest BCUT2D eigenvalue weighted by Gasteiger charge is -2.29. The highest BCUT2D eigenvalue weighted by atomic mass is 35.5. The molecule has 136 valence electrons. The van der Waals surface area contributed by atoms with E-state index < -0.39 is 0 Å². The number of anilines is 1. The highest BCUT2D eigenvalue weighted by Crippen LogP contribution is 2.50. The molecule has 0 fully saturated rings. The molecule has 0 spiro atoms. The summed E-state index contributed by atoms with van der Waals surface area (Å²) in [5.74, 6) is -0.421. The number of halogens is 1. The summed E-state index contributed by atoms with van der Waals surface area (Å²) in [6.07, 6.45) is 0.866. The zero-order valence-electron chi connectivity index (χ0n) is 15.0. The monoisotopic (exact) mass is 385 g/mol. The van der Waals surface area contributed by atoms with E-state index in [1.54, 1.807) is 0 Å². The van der Waals surface area contributed by atoms with Gasteiger partial charge in [-0.05, 0) is 58.0 Å². The molecule has 2 heterocycles. The second kappa shape index (κ2) is 5.73. The predicted octanol–water partition coefficient (Wildman–Crippen LogP) is 5.28. The number of carbonyl (C=O) groups is 1. The Morgan fingerprint density at radius 2 is 1.89 bits per heavy atom. The number of benzene rings is 3. The van der Waals surface area contributed by atoms with Gasteiger partial charge in [0.15, 0.2) is 0 Å². The predicted molar refractivity (Wildman–Crippen MR) is 110 cm³/mol. The van der Waals surface area contributed by atoms with Crippen LogP contribution in [0.15, 0.2) is 71.9 Å². The molecule has 4 heteroatoms. The van der Waals surface area contributed by atoms with E-state index in [0.29, 0.717) is 17.2 Å². The molecular weight excluding hydrogens is 370 g/mol. The Bertz CT molecular complexity index is 1210. The Hall–Kier alpha value is -3.04. The number of cyclic esters (lactones) is 1. The van der Waals surface area contributed by atoms with E-state index in [0.717, 1.165) is 28.9 Å². The summed E-state index contributed by atoms with van der Waals surface area (Å²) in [6.45, 7) is 0.294. The van der Waals surface area contributed by atoms with Crippen LogP contribution in [-0.4, -0.2) is 12.6 Å². The van der Waals surface area contributed by atoms with Crippen molar-refractivity contribution in [3.8, 4) is 11.1 Å². The number of hydrogen-bond acceptors (Lipinski definition) is 3. The third-order valence-corrected chi connectivity index (χ3v) is 6.20. The van der Waals surface area contributed by atoms with Crippen molar-refractivity contribution in [2.24, 2.45) is 0 Å². The first-order valence-corrected chi connectivity index (χ1v) is 9.75. The summed E-state index contributed by atoms with van der Waals surface area (Å²) >= 11 is 6.31. The molecule has 3 aliphatic rings. The van der Waals surface area contributed by atoms with Crippen molar-refractivity contribution in [2.75, 3.05) is 11.9 Å². The van der Waals surface area contributed by atoms with Gasteiger partial charge < -0.3 is 10.1 Å². The largest absolute Gasteiger partial charge is 0.456 e. The zero-order chi connectivity index (χ0) is 18.8. The maximum absolute atomic E-state index is 12.7. The van der Waals surface area contributed by atoms with Crippen LogP contribution >= 0.6 is 11.6 Å². The van der Waals surface area contributed by atoms with E-state index in [1.165, 1.54) is 22.3 Å². The molecule has 2 aliphatic heterocycles. The summed E-state index contributed by atoms with van der Waals surface area (Å²) in [5, 5.41) is 4.13. The number of rotatable bonds is 1. The van der Waals surface area contributed by atoms with Crippen molar-refractivity contribution in [1.82, 2.24) is 0 Å². The van der Waals surface area contributed by atoms with Crippen LogP contribution in [0.5, 0.6) is 0 Å². The smallest absolute Gasteiger partial charge is 0.337 e. The molecule has 3 aromatic carbocycles. The number of carbonyl (C=O) groups excluding carboxylic acids is 1. The third-order valence-electron chi connectivity index (χ3n) is 5.97. The van der Waals surface area contributed by atoms with Gasteiger partial charge in [0, 0.05) is 16.6 Å². The lowest BCUT2D eigenvalue weighted by molar-refractivity contribution is -0.136. The fourth-order valence-electron chi connectivity index (χ4n) is 4.81. The summed E-state index contributed by atoms with van der Waals surface area (Å²) in [4.78, 5) is 12.7. The van der Waals surface area contributed by atoms with Gasteiger partial charge in [0.2, 0.25) is 0 Å². The van der Waals surface area contributed by atoms with Crippen LogP contribution in [0, 0.1) is 0 Å². The van der Waals surface area contributed by atoms with Crippen molar-refractivity contribution < 1.29 is 9.53 Å². The molecule has 28 heavy (non-hydrogen) atoms. The molecule has 3 nitrogen and oxygen atoms in total. The second-order valence-electron chi connectivity index (χ2n) is 7.47. The quantitative estimate of drug-likeness (QED) is 0.453. The van der Waals surface area contributed by atoms with Gasteiger partial charge in [-0.15, -0.1) is 0 Å². The third kappa shape index (κ3) is 2.14. The number of nitrogens with one attached hydrogen (secondary N) is 1. The molecule has 0 aromatic heterocycles. The van der Waals surface area contributed by atoms with E-state index in [2.05, 4.69) is 41.7 Å². The summed E-state index contributed by atoms with van der Waals surface area (Å²) in [5.41, 5.74) is 9.93. The van der Waals surface area contributed by atoms with Crippen molar-refractivity contribution in [3.05, 3.63) is 99.2 Å². The molecule has 3 aromatic rings. The fourth-order valence-corrected chi connectivity index (χ4v) is 5.01.